The molecule has 0 bridgehead atoms. The fraction of sp³-hybridized carbons (Fsp3) is 0.889. The SMILES string of the molecule is CC1CCC(C(C)C)C(OCC(=O)N2CCC(C)(C(=O)O)C2)C1. The molecule has 4 atom stereocenters. The molecular weight excluding hydrogens is 294 g/mol. The molecule has 0 radical (unpaired) electrons. The molecule has 1 amide bonds. The van der Waals surface area contributed by atoms with Crippen LogP contribution in [0.4, 0.5) is 0 Å². The van der Waals surface area contributed by atoms with Crippen molar-refractivity contribution in [2.45, 2.75) is 59.5 Å². The molecule has 1 saturated carbocycles. The number of carboxylic acids is 1. The minimum atomic E-state index is -0.824. The van der Waals surface area contributed by atoms with Gasteiger partial charge in [0, 0.05) is 13.1 Å². The van der Waals surface area contributed by atoms with E-state index in [-0.39, 0.29) is 18.6 Å². The van der Waals surface area contributed by atoms with E-state index in [1.54, 1.807) is 11.8 Å². The van der Waals surface area contributed by atoms with E-state index in [1.807, 2.05) is 0 Å². The molecule has 1 N–H and O–H groups in total. The van der Waals surface area contributed by atoms with Crippen molar-refractivity contribution in [3.8, 4) is 0 Å². The van der Waals surface area contributed by atoms with Gasteiger partial charge in [-0.1, -0.05) is 27.2 Å². The summed E-state index contributed by atoms with van der Waals surface area (Å²) in [6.45, 7) is 9.28. The van der Waals surface area contributed by atoms with E-state index >= 15 is 0 Å². The van der Waals surface area contributed by atoms with Gasteiger partial charge in [0.2, 0.25) is 5.91 Å². The van der Waals surface area contributed by atoms with Gasteiger partial charge in [0.1, 0.15) is 6.61 Å². The lowest BCUT2D eigenvalue weighted by atomic mass is 9.75. The molecular formula is C18H31NO4. The molecule has 1 heterocycles. The highest BCUT2D eigenvalue weighted by atomic mass is 16.5. The Labute approximate surface area is 139 Å². The van der Waals surface area contributed by atoms with E-state index in [0.717, 1.165) is 6.42 Å². The number of amides is 1. The van der Waals surface area contributed by atoms with Crippen molar-refractivity contribution in [1.29, 1.82) is 0 Å². The van der Waals surface area contributed by atoms with Crippen LogP contribution in [-0.4, -0.2) is 47.7 Å². The van der Waals surface area contributed by atoms with Gasteiger partial charge in [0.25, 0.3) is 0 Å². The normalized spacial score (nSPS) is 34.8. The number of carbonyl (C=O) groups excluding carboxylic acids is 1. The highest BCUT2D eigenvalue weighted by Crippen LogP contribution is 2.35. The lowest BCUT2D eigenvalue weighted by Crippen LogP contribution is -2.40. The Morgan fingerprint density at radius 2 is 2.04 bits per heavy atom. The summed E-state index contributed by atoms with van der Waals surface area (Å²) in [5, 5.41) is 9.26. The second-order valence-corrected chi connectivity index (χ2v) is 8.11. The molecule has 5 nitrogen and oxygen atoms in total. The Balaban J connectivity index is 1.87. The summed E-state index contributed by atoms with van der Waals surface area (Å²) in [6.07, 6.45) is 4.08. The van der Waals surface area contributed by atoms with Crippen LogP contribution in [0.25, 0.3) is 0 Å². The molecule has 1 aliphatic carbocycles. The first-order valence-corrected chi connectivity index (χ1v) is 8.85. The quantitative estimate of drug-likeness (QED) is 0.844. The summed E-state index contributed by atoms with van der Waals surface area (Å²) in [5.74, 6) is 0.823. The van der Waals surface area contributed by atoms with Gasteiger partial charge in [-0.15, -0.1) is 0 Å². The Morgan fingerprint density at radius 3 is 2.61 bits per heavy atom. The highest BCUT2D eigenvalue weighted by molar-refractivity contribution is 5.81. The second-order valence-electron chi connectivity index (χ2n) is 8.11. The maximum Gasteiger partial charge on any atom is 0.311 e. The number of aliphatic carboxylic acids is 1. The molecule has 23 heavy (non-hydrogen) atoms. The van der Waals surface area contributed by atoms with Gasteiger partial charge in [-0.2, -0.15) is 0 Å². The van der Waals surface area contributed by atoms with Crippen molar-refractivity contribution in [2.75, 3.05) is 19.7 Å². The first-order valence-electron chi connectivity index (χ1n) is 8.85. The molecule has 0 aromatic heterocycles. The van der Waals surface area contributed by atoms with Crippen LogP contribution in [0.3, 0.4) is 0 Å². The van der Waals surface area contributed by atoms with E-state index < -0.39 is 11.4 Å². The molecule has 132 valence electrons. The molecule has 0 spiro atoms. The van der Waals surface area contributed by atoms with Crippen molar-refractivity contribution in [3.05, 3.63) is 0 Å². The van der Waals surface area contributed by atoms with Crippen LogP contribution in [-0.2, 0) is 14.3 Å². The van der Waals surface area contributed by atoms with Gasteiger partial charge < -0.3 is 14.7 Å². The largest absolute Gasteiger partial charge is 0.481 e. The van der Waals surface area contributed by atoms with Gasteiger partial charge >= 0.3 is 5.97 Å². The van der Waals surface area contributed by atoms with E-state index in [2.05, 4.69) is 20.8 Å². The average Bonchev–Trinajstić information content (AvgIpc) is 2.88. The fourth-order valence-electron chi connectivity index (χ4n) is 3.92. The van der Waals surface area contributed by atoms with Gasteiger partial charge in [-0.05, 0) is 43.9 Å². The third-order valence-corrected chi connectivity index (χ3v) is 5.72. The molecule has 2 aliphatic rings. The monoisotopic (exact) mass is 325 g/mol. The van der Waals surface area contributed by atoms with E-state index in [0.29, 0.717) is 37.3 Å². The summed E-state index contributed by atoms with van der Waals surface area (Å²) in [6, 6.07) is 0. The first kappa shape index (κ1) is 18.2. The van der Waals surface area contributed by atoms with E-state index in [9.17, 15) is 14.7 Å². The standard InChI is InChI=1S/C18H31NO4/c1-12(2)14-6-5-13(3)9-15(14)23-10-16(20)19-8-7-18(4,11-19)17(21)22/h12-15H,5-11H2,1-4H3,(H,21,22). The van der Waals surface area contributed by atoms with Crippen LogP contribution in [0.5, 0.6) is 0 Å². The van der Waals surface area contributed by atoms with E-state index in [1.165, 1.54) is 12.8 Å². The summed E-state index contributed by atoms with van der Waals surface area (Å²) in [5.41, 5.74) is -0.810. The maximum atomic E-state index is 12.4. The number of ether oxygens (including phenoxy) is 1. The highest BCUT2D eigenvalue weighted by Gasteiger charge is 2.42. The summed E-state index contributed by atoms with van der Waals surface area (Å²) in [4.78, 5) is 25.3. The summed E-state index contributed by atoms with van der Waals surface area (Å²) < 4.78 is 5.99. The minimum Gasteiger partial charge on any atom is -0.481 e. The van der Waals surface area contributed by atoms with Gasteiger partial charge in [0.05, 0.1) is 11.5 Å². The number of rotatable bonds is 5. The zero-order valence-corrected chi connectivity index (χ0v) is 14.9. The lowest BCUT2D eigenvalue weighted by molar-refractivity contribution is -0.148. The predicted octanol–water partition coefficient (Wildman–Crippen LogP) is 2.79. The Hall–Kier alpha value is -1.10. The van der Waals surface area contributed by atoms with Crippen molar-refractivity contribution in [1.82, 2.24) is 4.90 Å². The summed E-state index contributed by atoms with van der Waals surface area (Å²) >= 11 is 0. The number of likely N-dealkylation sites (tertiary alicyclic amines) is 1. The van der Waals surface area contributed by atoms with Gasteiger partial charge in [-0.25, -0.2) is 0 Å². The Morgan fingerprint density at radius 1 is 1.35 bits per heavy atom. The fourth-order valence-corrected chi connectivity index (χ4v) is 3.92. The number of hydrogen-bond acceptors (Lipinski definition) is 3. The number of hydrogen-bond donors (Lipinski definition) is 1. The molecule has 0 aromatic carbocycles. The van der Waals surface area contributed by atoms with Crippen LogP contribution >= 0.6 is 0 Å². The van der Waals surface area contributed by atoms with Crippen LogP contribution in [0.2, 0.25) is 0 Å². The van der Waals surface area contributed by atoms with Crippen LogP contribution in [0, 0.1) is 23.2 Å². The Kier molecular flexibility index (Phi) is 5.71. The number of carboxylic acid groups (broad SMARTS) is 1. The molecule has 4 unspecified atom stereocenters. The zero-order chi connectivity index (χ0) is 17.2. The van der Waals surface area contributed by atoms with Crippen LogP contribution in [0.1, 0.15) is 53.4 Å². The van der Waals surface area contributed by atoms with E-state index in [4.69, 9.17) is 4.74 Å². The van der Waals surface area contributed by atoms with Crippen molar-refractivity contribution >= 4 is 11.9 Å². The smallest absolute Gasteiger partial charge is 0.311 e. The average molecular weight is 325 g/mol. The third kappa shape index (κ3) is 4.25. The molecule has 2 fully saturated rings. The van der Waals surface area contributed by atoms with Crippen LogP contribution < -0.4 is 0 Å². The third-order valence-electron chi connectivity index (χ3n) is 5.72. The maximum absolute atomic E-state index is 12.4. The van der Waals surface area contributed by atoms with Crippen molar-refractivity contribution in [2.24, 2.45) is 23.2 Å². The van der Waals surface area contributed by atoms with Gasteiger partial charge in [0.15, 0.2) is 0 Å². The van der Waals surface area contributed by atoms with Crippen LogP contribution in [0.15, 0.2) is 0 Å². The second kappa shape index (κ2) is 7.20. The molecule has 0 aromatic rings. The minimum absolute atomic E-state index is 0.0734. The molecule has 1 saturated heterocycles. The topological polar surface area (TPSA) is 66.8 Å². The van der Waals surface area contributed by atoms with Crippen molar-refractivity contribution in [3.63, 3.8) is 0 Å². The first-order chi connectivity index (χ1) is 10.7. The lowest BCUT2D eigenvalue weighted by Gasteiger charge is -2.37. The van der Waals surface area contributed by atoms with Gasteiger partial charge in [-0.3, -0.25) is 9.59 Å². The molecule has 5 heteroatoms. The molecule has 1 aliphatic heterocycles. The van der Waals surface area contributed by atoms with Crippen molar-refractivity contribution < 1.29 is 19.4 Å². The summed E-state index contributed by atoms with van der Waals surface area (Å²) in [7, 11) is 0. The predicted molar refractivity (Wildman–Crippen MR) is 88.0 cm³/mol. The Bertz CT molecular complexity index is 450. The number of nitrogens with zero attached hydrogens (tertiary/aromatic N) is 1. The molecule has 2 rings (SSSR count). The zero-order valence-electron chi connectivity index (χ0n) is 14.9. The number of carbonyl (C=O) groups is 2.